The number of halogens is 3. The minimum atomic E-state index is -4.45. The Kier molecular flexibility index (Phi) is 7.45. The number of ether oxygens (including phenoxy) is 2. The molecule has 0 amide bonds. The molecule has 48 heavy (non-hydrogen) atoms. The lowest BCUT2D eigenvalue weighted by Crippen LogP contribution is -2.34. The van der Waals surface area contributed by atoms with Gasteiger partial charge in [-0.05, 0) is 59.7 Å². The summed E-state index contributed by atoms with van der Waals surface area (Å²) in [7, 11) is 1.64. The van der Waals surface area contributed by atoms with E-state index in [1.807, 2.05) is 41.1 Å². The van der Waals surface area contributed by atoms with Gasteiger partial charge < -0.3 is 14.5 Å². The van der Waals surface area contributed by atoms with Crippen LogP contribution >= 0.6 is 0 Å². The van der Waals surface area contributed by atoms with E-state index in [1.54, 1.807) is 13.2 Å². The van der Waals surface area contributed by atoms with Crippen molar-refractivity contribution < 1.29 is 27.4 Å². The van der Waals surface area contributed by atoms with Crippen molar-refractivity contribution in [2.45, 2.75) is 63.0 Å². The summed E-state index contributed by atoms with van der Waals surface area (Å²) in [6.45, 7) is 2.88. The molecule has 1 saturated heterocycles. The molecule has 3 aliphatic rings. The molecule has 0 bridgehead atoms. The molecule has 8 rings (SSSR count). The first kappa shape index (κ1) is 30.8. The van der Waals surface area contributed by atoms with Gasteiger partial charge in [-0.25, -0.2) is 4.68 Å². The third-order valence-electron chi connectivity index (χ3n) is 10.5. The highest BCUT2D eigenvalue weighted by Gasteiger charge is 2.42. The molecule has 3 atom stereocenters. The van der Waals surface area contributed by atoms with Gasteiger partial charge in [0, 0.05) is 54.1 Å². The van der Waals surface area contributed by atoms with Gasteiger partial charge in [0.25, 0.3) is 0 Å². The van der Waals surface area contributed by atoms with Crippen molar-refractivity contribution in [2.75, 3.05) is 13.7 Å². The van der Waals surface area contributed by atoms with Gasteiger partial charge in [0.05, 0.1) is 22.9 Å². The second kappa shape index (κ2) is 11.6. The Morgan fingerprint density at radius 2 is 1.83 bits per heavy atom. The molecule has 1 saturated carbocycles. The lowest BCUT2D eigenvalue weighted by molar-refractivity contribution is -0.137. The van der Waals surface area contributed by atoms with Gasteiger partial charge in [-0.2, -0.15) is 18.3 Å². The van der Waals surface area contributed by atoms with E-state index in [9.17, 15) is 18.0 Å². The number of benzene rings is 3. The molecule has 246 valence electrons. The van der Waals surface area contributed by atoms with Crippen LogP contribution in [0.25, 0.3) is 28.1 Å². The summed E-state index contributed by atoms with van der Waals surface area (Å²) in [6.07, 6.45) is -0.166. The van der Waals surface area contributed by atoms with Crippen molar-refractivity contribution in [1.29, 1.82) is 0 Å². The third kappa shape index (κ3) is 5.20. The van der Waals surface area contributed by atoms with E-state index in [4.69, 9.17) is 14.6 Å². The number of hydrogen-bond donors (Lipinski definition) is 1. The van der Waals surface area contributed by atoms with Gasteiger partial charge in [-0.3, -0.25) is 4.79 Å². The number of carbonyl (C=O) groups excluding carboxylic acids is 1. The molecule has 2 fully saturated rings. The molecule has 1 aliphatic heterocycles. The monoisotopic (exact) mass is 651 g/mol. The highest BCUT2D eigenvalue weighted by Crippen LogP contribution is 2.51. The number of rotatable bonds is 7. The molecule has 5 aromatic rings. The van der Waals surface area contributed by atoms with Gasteiger partial charge >= 0.3 is 6.18 Å². The number of nitrogens with zero attached hydrogens (tertiary/aromatic N) is 2. The first-order valence-corrected chi connectivity index (χ1v) is 16.4. The molecular weight excluding hydrogens is 615 g/mol. The molecule has 2 aromatic heterocycles. The van der Waals surface area contributed by atoms with Crippen molar-refractivity contribution in [3.05, 3.63) is 118 Å². The highest BCUT2D eigenvalue weighted by molar-refractivity contribution is 5.98. The van der Waals surface area contributed by atoms with Gasteiger partial charge in [0.15, 0.2) is 0 Å². The molecule has 1 N–H and O–H groups in total. The zero-order valence-corrected chi connectivity index (χ0v) is 26.8. The normalized spacial score (nSPS) is 22.9. The van der Waals surface area contributed by atoms with E-state index >= 15 is 0 Å². The molecular formula is C39H36F3N3O3. The standard InChI is InChI=1S/C39H36F3N3O3/c1-38(37-35(29-12-5-6-13-31(29)43-37)24-9-7-10-26(16-24)39(40,41)42)14-15-48-34(21-38)33-20-32(44-45(33)22-47-2)36-28-11-4-3-8-23(28)19-30(36)25-17-27(46)18-25/h3-13,16,19-20,25,34,36,43H,14-15,17-18,21-22H2,1-2H3. The fourth-order valence-electron chi connectivity index (χ4n) is 7.99. The number of carbonyl (C=O) groups is 1. The average Bonchev–Trinajstić information content (AvgIpc) is 3.77. The van der Waals surface area contributed by atoms with Crippen molar-refractivity contribution in [2.24, 2.45) is 5.92 Å². The van der Waals surface area contributed by atoms with Crippen LogP contribution in [0.2, 0.25) is 0 Å². The molecule has 2 aliphatic carbocycles. The maximum atomic E-state index is 13.8. The Hall–Kier alpha value is -4.47. The Morgan fingerprint density at radius 1 is 1.04 bits per heavy atom. The Morgan fingerprint density at radius 3 is 2.62 bits per heavy atom. The number of para-hydroxylation sites is 1. The smallest absolute Gasteiger partial charge is 0.372 e. The zero-order valence-electron chi connectivity index (χ0n) is 26.8. The molecule has 6 nitrogen and oxygen atoms in total. The number of fused-ring (bicyclic) bond motifs is 2. The summed E-state index contributed by atoms with van der Waals surface area (Å²) < 4.78 is 55.5. The minimum absolute atomic E-state index is 0.0626. The Bertz CT molecular complexity index is 2070. The first-order valence-electron chi connectivity index (χ1n) is 16.4. The number of methoxy groups -OCH3 is 1. The second-order valence-electron chi connectivity index (χ2n) is 13.6. The van der Waals surface area contributed by atoms with Crippen LogP contribution < -0.4 is 0 Å². The molecule has 3 unspecified atom stereocenters. The van der Waals surface area contributed by atoms with Crippen LogP contribution in [0.4, 0.5) is 13.2 Å². The van der Waals surface area contributed by atoms with E-state index in [0.29, 0.717) is 37.9 Å². The van der Waals surface area contributed by atoms with Crippen molar-refractivity contribution in [3.8, 4) is 11.1 Å². The van der Waals surface area contributed by atoms with Crippen LogP contribution in [0.5, 0.6) is 0 Å². The number of ketones is 1. The quantitative estimate of drug-likeness (QED) is 0.191. The molecule has 0 spiro atoms. The summed E-state index contributed by atoms with van der Waals surface area (Å²) in [5.74, 6) is 0.432. The predicted octanol–water partition coefficient (Wildman–Crippen LogP) is 8.97. The summed E-state index contributed by atoms with van der Waals surface area (Å²) >= 11 is 0. The van der Waals surface area contributed by atoms with E-state index in [2.05, 4.69) is 36.2 Å². The van der Waals surface area contributed by atoms with Gasteiger partial charge in [-0.15, -0.1) is 0 Å². The number of alkyl halides is 3. The van der Waals surface area contributed by atoms with Gasteiger partial charge in [-0.1, -0.05) is 73.2 Å². The number of hydrogen-bond acceptors (Lipinski definition) is 4. The van der Waals surface area contributed by atoms with E-state index in [0.717, 1.165) is 45.2 Å². The van der Waals surface area contributed by atoms with Crippen LogP contribution in [-0.4, -0.2) is 34.3 Å². The minimum Gasteiger partial charge on any atom is -0.372 e. The van der Waals surface area contributed by atoms with Crippen molar-refractivity contribution in [3.63, 3.8) is 0 Å². The number of nitrogens with one attached hydrogen (secondary N) is 1. The highest BCUT2D eigenvalue weighted by atomic mass is 19.4. The lowest BCUT2D eigenvalue weighted by Gasteiger charge is -2.38. The van der Waals surface area contributed by atoms with Crippen molar-refractivity contribution >= 4 is 22.8 Å². The number of aromatic nitrogens is 3. The van der Waals surface area contributed by atoms with Crippen LogP contribution in [0.1, 0.15) is 78.4 Å². The topological polar surface area (TPSA) is 69.1 Å². The average molecular weight is 652 g/mol. The molecule has 3 heterocycles. The maximum absolute atomic E-state index is 13.8. The fourth-order valence-corrected chi connectivity index (χ4v) is 7.99. The third-order valence-corrected chi connectivity index (χ3v) is 10.5. The largest absolute Gasteiger partial charge is 0.416 e. The van der Waals surface area contributed by atoms with Crippen LogP contribution in [0, 0.1) is 5.92 Å². The van der Waals surface area contributed by atoms with E-state index < -0.39 is 17.2 Å². The van der Waals surface area contributed by atoms with Crippen LogP contribution in [-0.2, 0) is 32.6 Å². The summed E-state index contributed by atoms with van der Waals surface area (Å²) in [5, 5.41) is 5.98. The van der Waals surface area contributed by atoms with Crippen molar-refractivity contribution in [1.82, 2.24) is 14.8 Å². The summed E-state index contributed by atoms with van der Waals surface area (Å²) in [6, 6.07) is 23.8. The van der Waals surface area contributed by atoms with E-state index in [1.165, 1.54) is 23.3 Å². The SMILES string of the molecule is COCn1nc(C2C(C3CC(=O)C3)=Cc3ccccc32)cc1C1CC(C)(c2[nH]c3ccccc3c2-c2cccc(C(F)(F)F)c2)CCO1. The van der Waals surface area contributed by atoms with Gasteiger partial charge in [0.1, 0.15) is 18.6 Å². The number of aromatic amines is 1. The molecule has 0 radical (unpaired) electrons. The van der Waals surface area contributed by atoms with Gasteiger partial charge in [0.2, 0.25) is 0 Å². The lowest BCUT2D eigenvalue weighted by atomic mass is 9.73. The Labute approximate surface area is 276 Å². The van der Waals surface area contributed by atoms with Crippen LogP contribution in [0.15, 0.2) is 84.4 Å². The molecule has 3 aromatic carbocycles. The fraction of sp³-hybridized carbons (Fsp3) is 0.333. The Balaban J connectivity index is 1.19. The number of H-pyrrole nitrogens is 1. The molecule has 9 heteroatoms. The number of Topliss-reactive ketones (excluding diaryl/α,β-unsaturated/α-hetero) is 1. The van der Waals surface area contributed by atoms with Crippen LogP contribution in [0.3, 0.4) is 0 Å². The van der Waals surface area contributed by atoms with E-state index in [-0.39, 0.29) is 30.5 Å². The number of allylic oxidation sites excluding steroid dienone is 1. The first-order chi connectivity index (χ1) is 23.1. The zero-order chi connectivity index (χ0) is 33.2. The predicted molar refractivity (Wildman–Crippen MR) is 177 cm³/mol. The summed E-state index contributed by atoms with van der Waals surface area (Å²) in [4.78, 5) is 15.6. The second-order valence-corrected chi connectivity index (χ2v) is 13.6. The summed E-state index contributed by atoms with van der Waals surface area (Å²) in [5.41, 5.74) is 7.32. The maximum Gasteiger partial charge on any atom is 0.416 e.